The molecule has 0 N–H and O–H groups in total. The first-order chi connectivity index (χ1) is 9.04. The lowest BCUT2D eigenvalue weighted by molar-refractivity contribution is -0.394. The lowest BCUT2D eigenvalue weighted by Gasteiger charge is -1.99. The van der Waals surface area contributed by atoms with Crippen molar-refractivity contribution in [1.29, 1.82) is 0 Å². The van der Waals surface area contributed by atoms with Gasteiger partial charge in [0.2, 0.25) is 6.33 Å². The zero-order chi connectivity index (χ0) is 13.8. The SMILES string of the molecule is O=C(Cc1ccc(F)cc1)Cn1cnc([N+](=O)[O-])n1. The molecule has 0 unspecified atom stereocenters. The van der Waals surface area contributed by atoms with Crippen molar-refractivity contribution in [3.63, 3.8) is 0 Å². The molecular formula is C11H9FN4O3. The van der Waals surface area contributed by atoms with Crippen LogP contribution < -0.4 is 0 Å². The molecule has 0 fully saturated rings. The average Bonchev–Trinajstić information content (AvgIpc) is 2.80. The number of aromatic nitrogens is 3. The number of Topliss-reactive ketones (excluding diaryl/α,β-unsaturated/α-hetero) is 1. The molecule has 0 aliphatic carbocycles. The molecule has 1 aromatic carbocycles. The van der Waals surface area contributed by atoms with E-state index in [0.717, 1.165) is 11.0 Å². The van der Waals surface area contributed by atoms with E-state index >= 15 is 0 Å². The van der Waals surface area contributed by atoms with Crippen LogP contribution in [-0.4, -0.2) is 25.5 Å². The summed E-state index contributed by atoms with van der Waals surface area (Å²) in [5.41, 5.74) is 0.668. The molecule has 8 heteroatoms. The molecule has 0 atom stereocenters. The first-order valence-corrected chi connectivity index (χ1v) is 5.34. The van der Waals surface area contributed by atoms with Gasteiger partial charge in [-0.3, -0.25) is 4.79 Å². The second-order valence-corrected chi connectivity index (χ2v) is 3.84. The standard InChI is InChI=1S/C11H9FN4O3/c12-9-3-1-8(2-4-9)5-10(17)6-15-7-13-11(14-15)16(18)19/h1-4,7H,5-6H2. The highest BCUT2D eigenvalue weighted by molar-refractivity contribution is 5.80. The van der Waals surface area contributed by atoms with Crippen LogP contribution in [0.2, 0.25) is 0 Å². The molecule has 0 aliphatic heterocycles. The molecule has 7 nitrogen and oxygen atoms in total. The maximum Gasteiger partial charge on any atom is 0.490 e. The first kappa shape index (κ1) is 12.8. The average molecular weight is 264 g/mol. The smallest absolute Gasteiger partial charge is 0.390 e. The largest absolute Gasteiger partial charge is 0.490 e. The third kappa shape index (κ3) is 3.41. The molecule has 0 saturated carbocycles. The Hall–Kier alpha value is -2.64. The van der Waals surface area contributed by atoms with Crippen LogP contribution in [0.4, 0.5) is 10.3 Å². The molecule has 2 rings (SSSR count). The monoisotopic (exact) mass is 264 g/mol. The van der Waals surface area contributed by atoms with Crippen molar-refractivity contribution in [2.75, 3.05) is 0 Å². The van der Waals surface area contributed by atoms with Gasteiger partial charge in [0.05, 0.1) is 0 Å². The summed E-state index contributed by atoms with van der Waals surface area (Å²) in [4.78, 5) is 24.8. The van der Waals surface area contributed by atoms with Crippen LogP contribution in [0, 0.1) is 15.9 Å². The number of nitrogens with zero attached hydrogens (tertiary/aromatic N) is 4. The molecule has 0 radical (unpaired) electrons. The van der Waals surface area contributed by atoms with Crippen molar-refractivity contribution < 1.29 is 14.1 Å². The Kier molecular flexibility index (Phi) is 3.60. The van der Waals surface area contributed by atoms with Gasteiger partial charge >= 0.3 is 5.95 Å². The number of carbonyl (C=O) groups excluding carboxylic acids is 1. The summed E-state index contributed by atoms with van der Waals surface area (Å²) in [5.74, 6) is -1.12. The third-order valence-corrected chi connectivity index (χ3v) is 2.34. The van der Waals surface area contributed by atoms with E-state index < -0.39 is 10.9 Å². The van der Waals surface area contributed by atoms with Gasteiger partial charge in [-0.05, 0) is 22.6 Å². The molecule has 0 aliphatic rings. The van der Waals surface area contributed by atoms with Gasteiger partial charge in [0, 0.05) is 11.5 Å². The molecular weight excluding hydrogens is 255 g/mol. The van der Waals surface area contributed by atoms with Crippen molar-refractivity contribution in [1.82, 2.24) is 14.8 Å². The number of hydrogen-bond donors (Lipinski definition) is 0. The summed E-state index contributed by atoms with van der Waals surface area (Å²) in [7, 11) is 0. The Bertz CT molecular complexity index is 609. The Balaban J connectivity index is 1.97. The normalized spacial score (nSPS) is 10.4. The van der Waals surface area contributed by atoms with E-state index in [2.05, 4.69) is 10.1 Å². The van der Waals surface area contributed by atoms with Crippen LogP contribution in [0.15, 0.2) is 30.6 Å². The van der Waals surface area contributed by atoms with Crippen molar-refractivity contribution in [2.24, 2.45) is 0 Å². The fourth-order valence-electron chi connectivity index (χ4n) is 1.51. The van der Waals surface area contributed by atoms with Crippen molar-refractivity contribution >= 4 is 11.7 Å². The fourth-order valence-corrected chi connectivity index (χ4v) is 1.51. The molecule has 0 spiro atoms. The summed E-state index contributed by atoms with van der Waals surface area (Å²) >= 11 is 0. The van der Waals surface area contributed by atoms with E-state index in [1.165, 1.54) is 24.3 Å². The molecule has 0 saturated heterocycles. The van der Waals surface area contributed by atoms with E-state index in [4.69, 9.17) is 0 Å². The van der Waals surface area contributed by atoms with Crippen molar-refractivity contribution in [3.05, 3.63) is 52.1 Å². The number of benzene rings is 1. The lowest BCUT2D eigenvalue weighted by atomic mass is 10.1. The van der Waals surface area contributed by atoms with E-state index in [1.54, 1.807) is 0 Å². The molecule has 2 aromatic rings. The second kappa shape index (κ2) is 5.34. The second-order valence-electron chi connectivity index (χ2n) is 3.84. The van der Waals surface area contributed by atoms with E-state index in [0.29, 0.717) is 5.56 Å². The predicted molar refractivity (Wildman–Crippen MR) is 61.8 cm³/mol. The van der Waals surface area contributed by atoms with Gasteiger partial charge in [0.1, 0.15) is 12.4 Å². The first-order valence-electron chi connectivity index (χ1n) is 5.34. The zero-order valence-corrected chi connectivity index (χ0v) is 9.69. The number of hydrogen-bond acceptors (Lipinski definition) is 5. The van der Waals surface area contributed by atoms with Gasteiger partial charge in [-0.1, -0.05) is 17.1 Å². The van der Waals surface area contributed by atoms with Gasteiger partial charge in [0.25, 0.3) is 0 Å². The van der Waals surface area contributed by atoms with Gasteiger partial charge in [-0.15, -0.1) is 0 Å². The quantitative estimate of drug-likeness (QED) is 0.596. The number of halogens is 1. The van der Waals surface area contributed by atoms with Crippen LogP contribution >= 0.6 is 0 Å². The predicted octanol–water partition coefficient (Wildman–Crippen LogP) is 1.14. The highest BCUT2D eigenvalue weighted by Crippen LogP contribution is 2.05. The third-order valence-electron chi connectivity index (χ3n) is 2.34. The lowest BCUT2D eigenvalue weighted by Crippen LogP contribution is -2.13. The van der Waals surface area contributed by atoms with Crippen LogP contribution in [0.25, 0.3) is 0 Å². The topological polar surface area (TPSA) is 90.9 Å². The Morgan fingerprint density at radius 1 is 1.37 bits per heavy atom. The minimum absolute atomic E-state index is 0.105. The van der Waals surface area contributed by atoms with Crippen molar-refractivity contribution in [3.8, 4) is 0 Å². The fraction of sp³-hybridized carbons (Fsp3) is 0.182. The number of nitro groups is 1. The Morgan fingerprint density at radius 2 is 2.05 bits per heavy atom. The van der Waals surface area contributed by atoms with Crippen molar-refractivity contribution in [2.45, 2.75) is 13.0 Å². The molecule has 1 aromatic heterocycles. The number of rotatable bonds is 5. The van der Waals surface area contributed by atoms with E-state index in [9.17, 15) is 19.3 Å². The van der Waals surface area contributed by atoms with Crippen LogP contribution in [0.5, 0.6) is 0 Å². The van der Waals surface area contributed by atoms with Gasteiger partial charge in [0.15, 0.2) is 5.78 Å². The number of ketones is 1. The maximum absolute atomic E-state index is 12.7. The van der Waals surface area contributed by atoms with E-state index in [1.807, 2.05) is 0 Å². The molecule has 1 heterocycles. The van der Waals surface area contributed by atoms with Gasteiger partial charge in [-0.2, -0.15) is 4.68 Å². The van der Waals surface area contributed by atoms with Gasteiger partial charge < -0.3 is 10.1 Å². The highest BCUT2D eigenvalue weighted by Gasteiger charge is 2.15. The summed E-state index contributed by atoms with van der Waals surface area (Å²) < 4.78 is 13.8. The minimum Gasteiger partial charge on any atom is -0.390 e. The Labute approximate surface area is 106 Å². The van der Waals surface area contributed by atoms with Crippen LogP contribution in [0.1, 0.15) is 5.56 Å². The summed E-state index contributed by atoms with van der Waals surface area (Å²) in [6.07, 6.45) is 1.23. The van der Waals surface area contributed by atoms with Gasteiger partial charge in [-0.25, -0.2) is 4.39 Å². The summed E-state index contributed by atoms with van der Waals surface area (Å²) in [5, 5.41) is 13.9. The zero-order valence-electron chi connectivity index (χ0n) is 9.69. The minimum atomic E-state index is -0.735. The molecule has 0 amide bonds. The Morgan fingerprint density at radius 3 is 2.63 bits per heavy atom. The summed E-state index contributed by atoms with van der Waals surface area (Å²) in [6, 6.07) is 5.56. The molecule has 98 valence electrons. The van der Waals surface area contributed by atoms with Crippen LogP contribution in [-0.2, 0) is 17.8 Å². The number of carbonyl (C=O) groups is 1. The van der Waals surface area contributed by atoms with E-state index in [-0.39, 0.29) is 24.6 Å². The summed E-state index contributed by atoms with van der Waals surface area (Å²) in [6.45, 7) is -0.113. The maximum atomic E-state index is 12.7. The molecule has 19 heavy (non-hydrogen) atoms. The van der Waals surface area contributed by atoms with Crippen LogP contribution in [0.3, 0.4) is 0 Å². The highest BCUT2D eigenvalue weighted by atomic mass is 19.1. The molecule has 0 bridgehead atoms.